The first-order chi connectivity index (χ1) is 13.1. The van der Waals surface area contributed by atoms with Crippen LogP contribution < -0.4 is 10.4 Å². The standard InChI is InChI=1S/C22H20O5/c1-3-12-25-22(24)20-17(14-10-8-13(2)9-11-14)18-19(27-20)15-6-4-5-7-16(15)26-21(18)23/h4-11,17,20H,3,12H2,1-2H3/t17-,20-/m0/s1. The van der Waals surface area contributed by atoms with Gasteiger partial charge in [0.25, 0.3) is 0 Å². The van der Waals surface area contributed by atoms with Gasteiger partial charge in [0.15, 0.2) is 0 Å². The highest BCUT2D eigenvalue weighted by Crippen LogP contribution is 2.44. The van der Waals surface area contributed by atoms with Crippen molar-refractivity contribution in [1.29, 1.82) is 0 Å². The lowest BCUT2D eigenvalue weighted by Gasteiger charge is -2.18. The first-order valence-electron chi connectivity index (χ1n) is 9.05. The van der Waals surface area contributed by atoms with Crippen LogP contribution in [0.15, 0.2) is 57.7 Å². The van der Waals surface area contributed by atoms with Crippen LogP contribution in [0.5, 0.6) is 5.75 Å². The van der Waals surface area contributed by atoms with E-state index in [2.05, 4.69) is 0 Å². The van der Waals surface area contributed by atoms with E-state index < -0.39 is 23.6 Å². The number of rotatable bonds is 4. The molecule has 5 nitrogen and oxygen atoms in total. The van der Waals surface area contributed by atoms with E-state index in [0.29, 0.717) is 35.3 Å². The predicted molar refractivity (Wildman–Crippen MR) is 101 cm³/mol. The van der Waals surface area contributed by atoms with Gasteiger partial charge in [-0.2, -0.15) is 0 Å². The van der Waals surface area contributed by atoms with Crippen LogP contribution in [0.2, 0.25) is 0 Å². The lowest BCUT2D eigenvalue weighted by Crippen LogP contribution is -2.32. The molecular weight excluding hydrogens is 344 g/mol. The van der Waals surface area contributed by atoms with Crippen LogP contribution >= 0.6 is 0 Å². The first-order valence-corrected chi connectivity index (χ1v) is 9.05. The van der Waals surface area contributed by atoms with E-state index in [4.69, 9.17) is 13.9 Å². The van der Waals surface area contributed by atoms with Crippen LogP contribution in [0, 0.1) is 6.92 Å². The Morgan fingerprint density at radius 2 is 1.85 bits per heavy atom. The molecule has 0 saturated carbocycles. The van der Waals surface area contributed by atoms with Gasteiger partial charge in [0.1, 0.15) is 11.3 Å². The van der Waals surface area contributed by atoms with Crippen LogP contribution in [0.4, 0.5) is 0 Å². The van der Waals surface area contributed by atoms with Crippen molar-refractivity contribution < 1.29 is 18.7 Å². The van der Waals surface area contributed by atoms with Crippen LogP contribution in [0.3, 0.4) is 0 Å². The number of aryl methyl sites for hydroxylation is 1. The minimum atomic E-state index is -0.914. The number of benzene rings is 2. The Labute approximate surface area is 156 Å². The summed E-state index contributed by atoms with van der Waals surface area (Å²) < 4.78 is 16.9. The number of para-hydroxylation sites is 1. The third-order valence-corrected chi connectivity index (χ3v) is 4.77. The van der Waals surface area contributed by atoms with E-state index in [1.54, 1.807) is 12.1 Å². The monoisotopic (exact) mass is 364 g/mol. The van der Waals surface area contributed by atoms with Gasteiger partial charge in [-0.15, -0.1) is 0 Å². The van der Waals surface area contributed by atoms with Crippen LogP contribution in [-0.2, 0) is 9.53 Å². The molecule has 0 bridgehead atoms. The fourth-order valence-corrected chi connectivity index (χ4v) is 3.46. The van der Waals surface area contributed by atoms with Crippen LogP contribution in [0.1, 0.15) is 36.0 Å². The van der Waals surface area contributed by atoms with Crippen molar-refractivity contribution in [3.05, 3.63) is 75.6 Å². The fraction of sp³-hybridized carbons (Fsp3) is 0.273. The summed E-state index contributed by atoms with van der Waals surface area (Å²) in [6.45, 7) is 4.22. The average Bonchev–Trinajstić information content (AvgIpc) is 3.08. The Morgan fingerprint density at radius 1 is 1.11 bits per heavy atom. The number of hydrogen-bond donors (Lipinski definition) is 0. The number of fused-ring (bicyclic) bond motifs is 3. The van der Waals surface area contributed by atoms with E-state index >= 15 is 0 Å². The number of carbonyl (C=O) groups is 1. The minimum absolute atomic E-state index is 0.311. The Bertz CT molecular complexity index is 1050. The van der Waals surface area contributed by atoms with Gasteiger partial charge in [-0.25, -0.2) is 9.59 Å². The molecule has 138 valence electrons. The largest absolute Gasteiger partial charge is 0.476 e. The second-order valence-corrected chi connectivity index (χ2v) is 6.72. The maximum Gasteiger partial charge on any atom is 0.348 e. The zero-order chi connectivity index (χ0) is 19.0. The Balaban J connectivity index is 1.89. The summed E-state index contributed by atoms with van der Waals surface area (Å²) in [4.78, 5) is 25.5. The van der Waals surface area contributed by atoms with Gasteiger partial charge in [-0.3, -0.25) is 0 Å². The molecule has 4 rings (SSSR count). The molecule has 3 aromatic rings. The molecule has 27 heavy (non-hydrogen) atoms. The molecular formula is C22H20O5. The summed E-state index contributed by atoms with van der Waals surface area (Å²) in [5, 5.41) is 0.676. The second-order valence-electron chi connectivity index (χ2n) is 6.72. The van der Waals surface area contributed by atoms with E-state index in [1.807, 2.05) is 50.2 Å². The van der Waals surface area contributed by atoms with Crippen molar-refractivity contribution in [2.75, 3.05) is 6.61 Å². The molecule has 0 fully saturated rings. The van der Waals surface area contributed by atoms with Gasteiger partial charge in [0.05, 0.1) is 23.5 Å². The van der Waals surface area contributed by atoms with Gasteiger partial charge >= 0.3 is 11.6 Å². The highest BCUT2D eigenvalue weighted by molar-refractivity contribution is 5.88. The van der Waals surface area contributed by atoms with Crippen molar-refractivity contribution >= 4 is 16.9 Å². The molecule has 0 spiro atoms. The normalized spacial score (nSPS) is 18.1. The predicted octanol–water partition coefficient (Wildman–Crippen LogP) is 3.95. The third-order valence-electron chi connectivity index (χ3n) is 4.77. The first kappa shape index (κ1) is 17.3. The van der Waals surface area contributed by atoms with Gasteiger partial charge in [0.2, 0.25) is 6.10 Å². The topological polar surface area (TPSA) is 65.7 Å². The lowest BCUT2D eigenvalue weighted by atomic mass is 9.88. The molecule has 1 aliphatic rings. The molecule has 1 aromatic heterocycles. The molecule has 2 aromatic carbocycles. The van der Waals surface area contributed by atoms with E-state index in [9.17, 15) is 9.59 Å². The van der Waals surface area contributed by atoms with Gasteiger partial charge in [-0.1, -0.05) is 48.9 Å². The number of esters is 1. The molecule has 0 aliphatic carbocycles. The molecule has 1 aliphatic heterocycles. The number of hydrogen-bond acceptors (Lipinski definition) is 5. The van der Waals surface area contributed by atoms with Crippen molar-refractivity contribution in [3.8, 4) is 5.75 Å². The molecule has 5 heteroatoms. The molecule has 0 amide bonds. The van der Waals surface area contributed by atoms with Crippen molar-refractivity contribution in [3.63, 3.8) is 0 Å². The maximum absolute atomic E-state index is 12.8. The highest BCUT2D eigenvalue weighted by Gasteiger charge is 2.45. The average molecular weight is 364 g/mol. The highest BCUT2D eigenvalue weighted by atomic mass is 16.6. The maximum atomic E-state index is 12.8. The second kappa shape index (κ2) is 6.91. The summed E-state index contributed by atoms with van der Waals surface area (Å²) in [7, 11) is 0. The van der Waals surface area contributed by atoms with Crippen molar-refractivity contribution in [2.45, 2.75) is 32.3 Å². The number of ether oxygens (including phenoxy) is 2. The Kier molecular flexibility index (Phi) is 4.44. The van der Waals surface area contributed by atoms with Crippen LogP contribution in [-0.4, -0.2) is 18.7 Å². The van der Waals surface area contributed by atoms with E-state index in [0.717, 1.165) is 11.1 Å². The fourth-order valence-electron chi connectivity index (χ4n) is 3.46. The Hall–Kier alpha value is -3.08. The lowest BCUT2D eigenvalue weighted by molar-refractivity contribution is -0.151. The smallest absolute Gasteiger partial charge is 0.348 e. The zero-order valence-electron chi connectivity index (χ0n) is 15.2. The van der Waals surface area contributed by atoms with Gasteiger partial charge in [0, 0.05) is 0 Å². The molecule has 0 saturated heterocycles. The summed E-state index contributed by atoms with van der Waals surface area (Å²) in [5.74, 6) is -0.626. The van der Waals surface area contributed by atoms with Gasteiger partial charge in [-0.05, 0) is 31.0 Å². The third kappa shape index (κ3) is 2.99. The van der Waals surface area contributed by atoms with Crippen LogP contribution in [0.25, 0.3) is 11.0 Å². The molecule has 2 atom stereocenters. The quantitative estimate of drug-likeness (QED) is 0.518. The zero-order valence-corrected chi connectivity index (χ0v) is 15.2. The van der Waals surface area contributed by atoms with Gasteiger partial charge < -0.3 is 13.9 Å². The summed E-state index contributed by atoms with van der Waals surface area (Å²) in [5.41, 5.74) is 2.23. The van der Waals surface area contributed by atoms with E-state index in [1.165, 1.54) is 0 Å². The molecule has 0 radical (unpaired) electrons. The van der Waals surface area contributed by atoms with E-state index in [-0.39, 0.29) is 0 Å². The summed E-state index contributed by atoms with van der Waals surface area (Å²) in [6, 6.07) is 14.9. The molecule has 2 heterocycles. The minimum Gasteiger partial charge on any atom is -0.476 e. The molecule has 0 unspecified atom stereocenters. The van der Waals surface area contributed by atoms with Crippen molar-refractivity contribution in [1.82, 2.24) is 0 Å². The SMILES string of the molecule is CCCOC(=O)[C@H]1Oc2c(c(=O)oc3ccccc23)[C@@H]1c1ccc(C)cc1. The summed E-state index contributed by atoms with van der Waals surface area (Å²) in [6.07, 6.45) is -0.200. The summed E-state index contributed by atoms with van der Waals surface area (Å²) >= 11 is 0. The Morgan fingerprint density at radius 3 is 2.59 bits per heavy atom. The number of carbonyl (C=O) groups excluding carboxylic acids is 1. The van der Waals surface area contributed by atoms with Crippen molar-refractivity contribution in [2.24, 2.45) is 0 Å². The molecule has 0 N–H and O–H groups in total.